The van der Waals surface area contributed by atoms with Crippen LogP contribution in [0.4, 0.5) is 10.7 Å². The van der Waals surface area contributed by atoms with Crippen LogP contribution in [0.25, 0.3) is 0 Å². The zero-order chi connectivity index (χ0) is 14.2. The van der Waals surface area contributed by atoms with E-state index in [2.05, 4.69) is 18.7 Å². The first-order valence-electron chi connectivity index (χ1n) is 6.67. The van der Waals surface area contributed by atoms with Gasteiger partial charge in [-0.2, -0.15) is 0 Å². The number of hydrogen-bond donors (Lipinski definition) is 1. The van der Waals surface area contributed by atoms with Gasteiger partial charge in [-0.15, -0.1) is 11.3 Å². The number of nitrogens with zero attached hydrogens (tertiary/aromatic N) is 1. The highest BCUT2D eigenvalue weighted by Crippen LogP contribution is 2.46. The van der Waals surface area contributed by atoms with E-state index in [1.54, 1.807) is 14.0 Å². The average Bonchev–Trinajstić information content (AvgIpc) is 2.70. The van der Waals surface area contributed by atoms with Crippen LogP contribution in [-0.2, 0) is 0 Å². The molecule has 0 aliphatic carbocycles. The van der Waals surface area contributed by atoms with Gasteiger partial charge < -0.3 is 15.4 Å². The Morgan fingerprint density at radius 3 is 2.63 bits per heavy atom. The van der Waals surface area contributed by atoms with Gasteiger partial charge in [-0.3, -0.25) is 4.79 Å². The van der Waals surface area contributed by atoms with Gasteiger partial charge in [0, 0.05) is 20.0 Å². The van der Waals surface area contributed by atoms with Gasteiger partial charge in [-0.1, -0.05) is 13.8 Å². The summed E-state index contributed by atoms with van der Waals surface area (Å²) in [6.45, 7) is 8.11. The topological polar surface area (TPSA) is 55.6 Å². The molecule has 2 rings (SSSR count). The third kappa shape index (κ3) is 2.56. The molecule has 0 amide bonds. The monoisotopic (exact) mass is 282 g/mol. The highest BCUT2D eigenvalue weighted by molar-refractivity contribution is 7.19. The molecule has 0 aromatic carbocycles. The normalized spacial score (nSPS) is 23.5. The number of rotatable bonds is 3. The van der Waals surface area contributed by atoms with E-state index in [-0.39, 0.29) is 5.78 Å². The number of thiophene rings is 1. The summed E-state index contributed by atoms with van der Waals surface area (Å²) in [6.07, 6.45) is 1.16. The number of Topliss-reactive ketones (excluding diaryl/α,β-unsaturated/α-hetero) is 1. The van der Waals surface area contributed by atoms with Crippen LogP contribution in [0.2, 0.25) is 0 Å². The number of ketones is 1. The minimum Gasteiger partial charge on any atom is -0.492 e. The molecule has 1 aromatic rings. The number of carbonyl (C=O) groups is 1. The molecule has 19 heavy (non-hydrogen) atoms. The first-order valence-corrected chi connectivity index (χ1v) is 7.49. The van der Waals surface area contributed by atoms with Crippen LogP contribution in [0.3, 0.4) is 0 Å². The van der Waals surface area contributed by atoms with E-state index in [1.165, 1.54) is 11.3 Å². The minimum absolute atomic E-state index is 0.00507. The lowest BCUT2D eigenvalue weighted by Crippen LogP contribution is -2.38. The van der Waals surface area contributed by atoms with E-state index in [0.717, 1.165) is 30.4 Å². The number of carbonyl (C=O) groups excluding carboxylic acids is 1. The zero-order valence-electron chi connectivity index (χ0n) is 12.0. The number of nitrogen functional groups attached to an aromatic ring is 1. The third-order valence-corrected chi connectivity index (χ3v) is 5.38. The Kier molecular flexibility index (Phi) is 4.04. The van der Waals surface area contributed by atoms with Crippen molar-refractivity contribution >= 4 is 27.8 Å². The Morgan fingerprint density at radius 1 is 1.42 bits per heavy atom. The maximum absolute atomic E-state index is 11.6. The fraction of sp³-hybridized carbons (Fsp3) is 0.643. The summed E-state index contributed by atoms with van der Waals surface area (Å²) in [5.41, 5.74) is 6.51. The summed E-state index contributed by atoms with van der Waals surface area (Å²) >= 11 is 1.45. The molecule has 5 heteroatoms. The molecule has 1 saturated heterocycles. The van der Waals surface area contributed by atoms with Crippen LogP contribution in [0.5, 0.6) is 5.75 Å². The highest BCUT2D eigenvalue weighted by atomic mass is 32.1. The molecule has 2 unspecified atom stereocenters. The summed E-state index contributed by atoms with van der Waals surface area (Å²) in [5, 5.41) is 1.00. The number of nitrogens with two attached hydrogens (primary N) is 1. The van der Waals surface area contributed by atoms with Gasteiger partial charge in [0.25, 0.3) is 0 Å². The van der Waals surface area contributed by atoms with E-state index >= 15 is 0 Å². The summed E-state index contributed by atoms with van der Waals surface area (Å²) in [5.74, 6) is 2.05. The predicted molar refractivity (Wildman–Crippen MR) is 80.4 cm³/mol. The van der Waals surface area contributed by atoms with E-state index < -0.39 is 0 Å². The van der Waals surface area contributed by atoms with Crippen LogP contribution in [0.15, 0.2) is 0 Å². The molecule has 0 spiro atoms. The van der Waals surface area contributed by atoms with Crippen molar-refractivity contribution in [1.29, 1.82) is 0 Å². The van der Waals surface area contributed by atoms with E-state index in [1.807, 2.05) is 0 Å². The molecular weight excluding hydrogens is 260 g/mol. The number of anilines is 2. The van der Waals surface area contributed by atoms with E-state index in [0.29, 0.717) is 22.2 Å². The largest absolute Gasteiger partial charge is 0.492 e. The Hall–Kier alpha value is -1.23. The van der Waals surface area contributed by atoms with Gasteiger partial charge in [0.1, 0.15) is 5.00 Å². The van der Waals surface area contributed by atoms with Gasteiger partial charge in [0.05, 0.1) is 17.7 Å². The van der Waals surface area contributed by atoms with Crippen molar-refractivity contribution in [1.82, 2.24) is 0 Å². The number of hydrogen-bond acceptors (Lipinski definition) is 5. The summed E-state index contributed by atoms with van der Waals surface area (Å²) < 4.78 is 5.41. The Bertz CT molecular complexity index is 484. The molecule has 0 bridgehead atoms. The number of piperidine rings is 1. The molecule has 106 valence electrons. The molecule has 4 nitrogen and oxygen atoms in total. The summed E-state index contributed by atoms with van der Waals surface area (Å²) in [7, 11) is 1.61. The quantitative estimate of drug-likeness (QED) is 0.866. The van der Waals surface area contributed by atoms with Crippen LogP contribution in [-0.4, -0.2) is 26.0 Å². The predicted octanol–water partition coefficient (Wildman–Crippen LogP) is 3.02. The molecule has 1 aliphatic rings. The van der Waals surface area contributed by atoms with Crippen LogP contribution in [0, 0.1) is 11.8 Å². The maximum atomic E-state index is 11.6. The van der Waals surface area contributed by atoms with Crippen LogP contribution < -0.4 is 15.4 Å². The first-order chi connectivity index (χ1) is 8.95. The van der Waals surface area contributed by atoms with Gasteiger partial charge >= 0.3 is 0 Å². The molecule has 1 aromatic heterocycles. The Labute approximate surface area is 118 Å². The molecule has 0 saturated carbocycles. The summed E-state index contributed by atoms with van der Waals surface area (Å²) in [6, 6.07) is 0. The van der Waals surface area contributed by atoms with Crippen molar-refractivity contribution in [2.75, 3.05) is 30.8 Å². The molecule has 2 heterocycles. The standard InChI is InChI=1S/C14H22N2O2S/c1-8-5-6-16(7-9(8)2)14-12(18-4)11(15)13(19-14)10(3)17/h8-9H,5-7,15H2,1-4H3. The average molecular weight is 282 g/mol. The van der Waals surface area contributed by atoms with Gasteiger partial charge in [0.2, 0.25) is 0 Å². The van der Waals surface area contributed by atoms with Crippen molar-refractivity contribution < 1.29 is 9.53 Å². The lowest BCUT2D eigenvalue weighted by atomic mass is 9.89. The smallest absolute Gasteiger partial charge is 0.177 e. The highest BCUT2D eigenvalue weighted by Gasteiger charge is 2.28. The van der Waals surface area contributed by atoms with Gasteiger partial charge in [-0.05, 0) is 18.3 Å². The van der Waals surface area contributed by atoms with Crippen LogP contribution in [0.1, 0.15) is 36.9 Å². The van der Waals surface area contributed by atoms with Crippen molar-refractivity contribution in [3.63, 3.8) is 0 Å². The van der Waals surface area contributed by atoms with Crippen molar-refractivity contribution in [2.45, 2.75) is 27.2 Å². The Morgan fingerprint density at radius 2 is 2.11 bits per heavy atom. The second-order valence-corrected chi connectivity index (χ2v) is 6.43. The van der Waals surface area contributed by atoms with E-state index in [9.17, 15) is 4.79 Å². The molecule has 1 aliphatic heterocycles. The van der Waals surface area contributed by atoms with Crippen molar-refractivity contribution in [3.8, 4) is 5.75 Å². The van der Waals surface area contributed by atoms with Crippen molar-refractivity contribution in [2.24, 2.45) is 11.8 Å². The maximum Gasteiger partial charge on any atom is 0.177 e. The number of ether oxygens (including phenoxy) is 1. The third-order valence-electron chi connectivity index (χ3n) is 4.03. The van der Waals surface area contributed by atoms with Gasteiger partial charge in [-0.25, -0.2) is 0 Å². The first kappa shape index (κ1) is 14.2. The molecule has 1 fully saturated rings. The zero-order valence-corrected chi connectivity index (χ0v) is 12.8. The fourth-order valence-electron chi connectivity index (χ4n) is 2.53. The summed E-state index contributed by atoms with van der Waals surface area (Å²) in [4.78, 5) is 14.5. The molecule has 2 atom stereocenters. The van der Waals surface area contributed by atoms with Gasteiger partial charge in [0.15, 0.2) is 11.5 Å². The molecule has 2 N–H and O–H groups in total. The SMILES string of the molecule is COc1c(N2CCC(C)C(C)C2)sc(C(C)=O)c1N. The Balaban J connectivity index is 2.34. The minimum atomic E-state index is 0.00507. The van der Waals surface area contributed by atoms with E-state index in [4.69, 9.17) is 10.5 Å². The number of methoxy groups -OCH3 is 1. The second-order valence-electron chi connectivity index (χ2n) is 5.43. The second kappa shape index (κ2) is 5.41. The van der Waals surface area contributed by atoms with Crippen LogP contribution >= 0.6 is 11.3 Å². The molecular formula is C14H22N2O2S. The lowest BCUT2D eigenvalue weighted by molar-refractivity contribution is 0.102. The van der Waals surface area contributed by atoms with Crippen molar-refractivity contribution in [3.05, 3.63) is 4.88 Å². The lowest BCUT2D eigenvalue weighted by Gasteiger charge is -2.36. The fourth-order valence-corrected chi connectivity index (χ4v) is 3.65. The molecule has 0 radical (unpaired) electrons.